The Morgan fingerprint density at radius 3 is 2.54 bits per heavy atom. The van der Waals surface area contributed by atoms with Gasteiger partial charge in [-0.1, -0.05) is 54.1 Å². The minimum absolute atomic E-state index is 0.103. The molecule has 1 saturated heterocycles. The van der Waals surface area contributed by atoms with Gasteiger partial charge in [0.1, 0.15) is 0 Å². The maximum atomic E-state index is 13.0. The summed E-state index contributed by atoms with van der Waals surface area (Å²) in [5, 5.41) is 0. The van der Waals surface area contributed by atoms with Gasteiger partial charge >= 0.3 is 6.18 Å². The third-order valence-electron chi connectivity index (χ3n) is 4.71. The number of aryl methyl sites for hydroxylation is 1. The summed E-state index contributed by atoms with van der Waals surface area (Å²) >= 11 is 0. The van der Waals surface area contributed by atoms with E-state index in [1.807, 2.05) is 42.2 Å². The summed E-state index contributed by atoms with van der Waals surface area (Å²) in [7, 11) is 0. The van der Waals surface area contributed by atoms with Crippen molar-refractivity contribution < 1.29 is 13.2 Å². The van der Waals surface area contributed by atoms with E-state index >= 15 is 0 Å². The topological polar surface area (TPSA) is 3.24 Å². The zero-order valence-corrected chi connectivity index (χ0v) is 13.8. The average Bonchev–Trinajstić information content (AvgIpc) is 2.55. The Kier molecular flexibility index (Phi) is 4.95. The fourth-order valence-electron chi connectivity index (χ4n) is 3.46. The van der Waals surface area contributed by atoms with Crippen LogP contribution < -0.4 is 0 Å². The quantitative estimate of drug-likeness (QED) is 0.723. The van der Waals surface area contributed by atoms with Crippen molar-refractivity contribution in [3.63, 3.8) is 0 Å². The van der Waals surface area contributed by atoms with Crippen LogP contribution in [0.4, 0.5) is 13.2 Å². The number of benzene rings is 2. The van der Waals surface area contributed by atoms with Crippen LogP contribution in [0.25, 0.3) is 11.1 Å². The minimum Gasteiger partial charge on any atom is -0.298 e. The van der Waals surface area contributed by atoms with Crippen LogP contribution >= 0.6 is 0 Å². The van der Waals surface area contributed by atoms with Crippen LogP contribution in [0, 0.1) is 12.8 Å². The molecule has 0 radical (unpaired) electrons. The van der Waals surface area contributed by atoms with Crippen molar-refractivity contribution in [2.24, 2.45) is 5.92 Å². The van der Waals surface area contributed by atoms with E-state index in [9.17, 15) is 13.2 Å². The zero-order valence-electron chi connectivity index (χ0n) is 13.8. The summed E-state index contributed by atoms with van der Waals surface area (Å²) in [5.41, 5.74) is 4.45. The van der Waals surface area contributed by atoms with Gasteiger partial charge in [-0.2, -0.15) is 13.2 Å². The number of rotatable bonds is 3. The Morgan fingerprint density at radius 2 is 1.83 bits per heavy atom. The van der Waals surface area contributed by atoms with Crippen molar-refractivity contribution in [1.29, 1.82) is 0 Å². The highest BCUT2D eigenvalue weighted by Crippen LogP contribution is 2.34. The summed E-state index contributed by atoms with van der Waals surface area (Å²) in [6, 6.07) is 16.3. The normalized spacial score (nSPS) is 19.4. The molecule has 0 N–H and O–H groups in total. The maximum absolute atomic E-state index is 13.0. The van der Waals surface area contributed by atoms with Gasteiger partial charge in [0.2, 0.25) is 0 Å². The summed E-state index contributed by atoms with van der Waals surface area (Å²) in [6.07, 6.45) is -3.23. The Balaban J connectivity index is 1.83. The van der Waals surface area contributed by atoms with Gasteiger partial charge in [-0.05, 0) is 43.0 Å². The molecule has 0 aromatic heterocycles. The second-order valence-corrected chi connectivity index (χ2v) is 6.64. The van der Waals surface area contributed by atoms with Crippen molar-refractivity contribution in [2.45, 2.75) is 32.5 Å². The molecule has 2 aromatic carbocycles. The van der Waals surface area contributed by atoms with Gasteiger partial charge in [0.05, 0.1) is 5.92 Å². The SMILES string of the molecule is Cc1ccc(-c2ccccc2)c(CN2CCCC(C(F)(F)F)C2)c1. The van der Waals surface area contributed by atoms with Crippen LogP contribution in [0.5, 0.6) is 0 Å². The molecule has 0 bridgehead atoms. The Hall–Kier alpha value is -1.81. The number of piperidine rings is 1. The summed E-state index contributed by atoms with van der Waals surface area (Å²) in [5.74, 6) is -1.20. The van der Waals surface area contributed by atoms with Gasteiger partial charge in [0.25, 0.3) is 0 Å². The molecule has 1 unspecified atom stereocenters. The molecular weight excluding hydrogens is 311 g/mol. The fraction of sp³-hybridized carbons (Fsp3) is 0.400. The highest BCUT2D eigenvalue weighted by atomic mass is 19.4. The van der Waals surface area contributed by atoms with E-state index < -0.39 is 12.1 Å². The van der Waals surface area contributed by atoms with Crippen LogP contribution in [0.15, 0.2) is 48.5 Å². The zero-order chi connectivity index (χ0) is 17.2. The highest BCUT2D eigenvalue weighted by Gasteiger charge is 2.41. The first kappa shape index (κ1) is 17.0. The van der Waals surface area contributed by atoms with E-state index in [1.165, 1.54) is 0 Å². The number of halogens is 3. The van der Waals surface area contributed by atoms with E-state index in [2.05, 4.69) is 18.2 Å². The lowest BCUT2D eigenvalue weighted by molar-refractivity contribution is -0.187. The van der Waals surface area contributed by atoms with Gasteiger partial charge in [-0.3, -0.25) is 4.90 Å². The van der Waals surface area contributed by atoms with E-state index in [0.717, 1.165) is 28.8 Å². The Labute approximate surface area is 141 Å². The molecule has 24 heavy (non-hydrogen) atoms. The number of likely N-dealkylation sites (tertiary alicyclic amines) is 1. The van der Waals surface area contributed by atoms with Gasteiger partial charge in [0.15, 0.2) is 0 Å². The van der Waals surface area contributed by atoms with Gasteiger partial charge < -0.3 is 0 Å². The largest absolute Gasteiger partial charge is 0.393 e. The number of nitrogens with zero attached hydrogens (tertiary/aromatic N) is 1. The molecule has 1 atom stereocenters. The minimum atomic E-state index is -4.09. The molecule has 3 rings (SSSR count). The molecule has 1 fully saturated rings. The third kappa shape index (κ3) is 3.99. The second kappa shape index (κ2) is 6.98. The van der Waals surface area contributed by atoms with Crippen LogP contribution in [0.3, 0.4) is 0 Å². The lowest BCUT2D eigenvalue weighted by Gasteiger charge is -2.34. The fourth-order valence-corrected chi connectivity index (χ4v) is 3.46. The third-order valence-corrected chi connectivity index (χ3v) is 4.71. The van der Waals surface area contributed by atoms with Gasteiger partial charge in [-0.15, -0.1) is 0 Å². The van der Waals surface area contributed by atoms with Crippen LogP contribution in [-0.4, -0.2) is 24.2 Å². The molecular formula is C20H22F3N. The number of hydrogen-bond donors (Lipinski definition) is 0. The van der Waals surface area contributed by atoms with Gasteiger partial charge in [0, 0.05) is 13.1 Å². The molecule has 1 heterocycles. The smallest absolute Gasteiger partial charge is 0.298 e. The van der Waals surface area contributed by atoms with Crippen molar-refractivity contribution in [3.05, 3.63) is 59.7 Å². The highest BCUT2D eigenvalue weighted by molar-refractivity contribution is 5.67. The molecule has 0 saturated carbocycles. The summed E-state index contributed by atoms with van der Waals surface area (Å²) in [6.45, 7) is 3.42. The van der Waals surface area contributed by atoms with Crippen molar-refractivity contribution in [3.8, 4) is 11.1 Å². The molecule has 1 aliphatic rings. The molecule has 0 spiro atoms. The summed E-state index contributed by atoms with van der Waals surface area (Å²) in [4.78, 5) is 1.95. The Morgan fingerprint density at radius 1 is 1.08 bits per heavy atom. The monoisotopic (exact) mass is 333 g/mol. The standard InChI is InChI=1S/C20H22F3N/c1-15-9-10-19(16-6-3-2-4-7-16)17(12-15)13-24-11-5-8-18(14-24)20(21,22)23/h2-4,6-7,9-10,12,18H,5,8,11,13-14H2,1H3. The lowest BCUT2D eigenvalue weighted by Crippen LogP contribution is -2.41. The molecule has 0 amide bonds. The van der Waals surface area contributed by atoms with E-state index in [-0.39, 0.29) is 13.0 Å². The molecule has 1 aliphatic heterocycles. The van der Waals surface area contributed by atoms with E-state index in [4.69, 9.17) is 0 Å². The molecule has 4 heteroatoms. The van der Waals surface area contributed by atoms with Crippen molar-refractivity contribution in [1.82, 2.24) is 4.90 Å². The average molecular weight is 333 g/mol. The van der Waals surface area contributed by atoms with Crippen LogP contribution in [0.2, 0.25) is 0 Å². The summed E-state index contributed by atoms with van der Waals surface area (Å²) < 4.78 is 39.1. The first-order chi connectivity index (χ1) is 11.4. The van der Waals surface area contributed by atoms with Crippen molar-refractivity contribution >= 4 is 0 Å². The number of alkyl halides is 3. The molecule has 128 valence electrons. The first-order valence-corrected chi connectivity index (χ1v) is 8.37. The predicted octanol–water partition coefficient (Wildman–Crippen LogP) is 5.44. The Bertz CT molecular complexity index is 679. The van der Waals surface area contributed by atoms with E-state index in [0.29, 0.717) is 13.0 Å². The lowest BCUT2D eigenvalue weighted by atomic mass is 9.94. The molecule has 0 aliphatic carbocycles. The van der Waals surface area contributed by atoms with Gasteiger partial charge in [-0.25, -0.2) is 0 Å². The molecule has 2 aromatic rings. The predicted molar refractivity (Wildman–Crippen MR) is 90.7 cm³/mol. The second-order valence-electron chi connectivity index (χ2n) is 6.64. The van der Waals surface area contributed by atoms with Crippen LogP contribution in [0.1, 0.15) is 24.0 Å². The van der Waals surface area contributed by atoms with Crippen molar-refractivity contribution in [2.75, 3.05) is 13.1 Å². The van der Waals surface area contributed by atoms with Crippen LogP contribution in [-0.2, 0) is 6.54 Å². The van der Waals surface area contributed by atoms with E-state index in [1.54, 1.807) is 0 Å². The maximum Gasteiger partial charge on any atom is 0.393 e. The first-order valence-electron chi connectivity index (χ1n) is 8.37. The number of hydrogen-bond acceptors (Lipinski definition) is 1. The molecule has 1 nitrogen and oxygen atoms in total.